The molecule has 0 N–H and O–H groups in total. The lowest BCUT2D eigenvalue weighted by molar-refractivity contribution is -0.384. The van der Waals surface area contributed by atoms with Crippen LogP contribution in [0.4, 0.5) is 17.3 Å². The molecule has 2 aromatic heterocycles. The number of benzene rings is 1. The van der Waals surface area contributed by atoms with Crippen LogP contribution in [0.2, 0.25) is 5.02 Å². The van der Waals surface area contributed by atoms with Crippen molar-refractivity contribution in [3.8, 4) is 11.4 Å². The fourth-order valence-electron chi connectivity index (χ4n) is 3.44. The van der Waals surface area contributed by atoms with Crippen molar-refractivity contribution in [2.75, 3.05) is 36.0 Å². The number of aromatic nitrogens is 3. The minimum absolute atomic E-state index is 0.0509. The highest BCUT2D eigenvalue weighted by Gasteiger charge is 2.22. The standard InChI is InChI=1S/C21H21ClN6O2/c1-2-16-14-19(25-20(24-16)15-5-7-17(8-6-15)28(29)30)26-10-12-27(13-11-26)21-18(22)4-3-9-23-21/h3-9,14H,2,10-13H2,1H3. The molecule has 0 radical (unpaired) electrons. The predicted octanol–water partition coefficient (Wildman–Crippen LogP) is 3.99. The zero-order valence-electron chi connectivity index (χ0n) is 16.5. The van der Waals surface area contributed by atoms with Crippen molar-refractivity contribution >= 4 is 28.9 Å². The zero-order valence-corrected chi connectivity index (χ0v) is 17.3. The Morgan fingerprint density at radius 2 is 1.77 bits per heavy atom. The summed E-state index contributed by atoms with van der Waals surface area (Å²) in [7, 11) is 0. The monoisotopic (exact) mass is 424 g/mol. The van der Waals surface area contributed by atoms with E-state index in [-0.39, 0.29) is 5.69 Å². The Bertz CT molecular complexity index is 1050. The first kappa shape index (κ1) is 20.0. The maximum Gasteiger partial charge on any atom is 0.269 e. The second kappa shape index (κ2) is 8.62. The number of non-ortho nitro benzene ring substituents is 1. The number of nitro groups is 1. The molecule has 1 aliphatic rings. The number of aryl methyl sites for hydroxylation is 1. The molecule has 154 valence electrons. The van der Waals surface area contributed by atoms with Crippen molar-refractivity contribution in [3.05, 3.63) is 69.5 Å². The first-order chi connectivity index (χ1) is 14.5. The Labute approximate surface area is 179 Å². The minimum atomic E-state index is -0.411. The summed E-state index contributed by atoms with van der Waals surface area (Å²) < 4.78 is 0. The number of piperazine rings is 1. The third-order valence-corrected chi connectivity index (χ3v) is 5.40. The molecule has 1 aliphatic heterocycles. The van der Waals surface area contributed by atoms with E-state index in [4.69, 9.17) is 16.6 Å². The molecule has 3 aromatic rings. The van der Waals surface area contributed by atoms with E-state index in [0.717, 1.165) is 55.5 Å². The summed E-state index contributed by atoms with van der Waals surface area (Å²) in [6, 6.07) is 12.0. The lowest BCUT2D eigenvalue weighted by Gasteiger charge is -2.36. The van der Waals surface area contributed by atoms with Gasteiger partial charge in [-0.1, -0.05) is 18.5 Å². The van der Waals surface area contributed by atoms with Crippen LogP contribution < -0.4 is 9.80 Å². The summed E-state index contributed by atoms with van der Waals surface area (Å²) in [5.74, 6) is 2.25. The van der Waals surface area contributed by atoms with Crippen molar-refractivity contribution in [2.24, 2.45) is 0 Å². The van der Waals surface area contributed by atoms with E-state index in [2.05, 4.69) is 19.8 Å². The average Bonchev–Trinajstić information content (AvgIpc) is 2.79. The maximum atomic E-state index is 10.9. The number of halogens is 1. The molecule has 1 aromatic carbocycles. The van der Waals surface area contributed by atoms with Gasteiger partial charge in [0, 0.05) is 61.8 Å². The highest BCUT2D eigenvalue weighted by atomic mass is 35.5. The number of rotatable bonds is 5. The fourth-order valence-corrected chi connectivity index (χ4v) is 3.69. The van der Waals surface area contributed by atoms with E-state index in [1.54, 1.807) is 18.3 Å². The minimum Gasteiger partial charge on any atom is -0.353 e. The molecule has 9 heteroatoms. The van der Waals surface area contributed by atoms with Gasteiger partial charge in [-0.15, -0.1) is 0 Å². The van der Waals surface area contributed by atoms with E-state index in [0.29, 0.717) is 10.8 Å². The quantitative estimate of drug-likeness (QED) is 0.452. The van der Waals surface area contributed by atoms with Crippen LogP contribution in [-0.4, -0.2) is 46.1 Å². The van der Waals surface area contributed by atoms with E-state index >= 15 is 0 Å². The summed E-state index contributed by atoms with van der Waals surface area (Å²) >= 11 is 6.29. The van der Waals surface area contributed by atoms with Crippen LogP contribution in [0, 0.1) is 10.1 Å². The molecule has 0 aliphatic carbocycles. The maximum absolute atomic E-state index is 10.9. The van der Waals surface area contributed by atoms with E-state index in [1.165, 1.54) is 12.1 Å². The summed E-state index contributed by atoms with van der Waals surface area (Å²) in [6.07, 6.45) is 2.53. The molecule has 1 fully saturated rings. The summed E-state index contributed by atoms with van der Waals surface area (Å²) in [5.41, 5.74) is 1.74. The van der Waals surface area contributed by atoms with Crippen LogP contribution in [0.5, 0.6) is 0 Å². The summed E-state index contributed by atoms with van der Waals surface area (Å²) in [4.78, 5) is 28.7. The van der Waals surface area contributed by atoms with Gasteiger partial charge in [-0.3, -0.25) is 10.1 Å². The topological polar surface area (TPSA) is 88.3 Å². The number of hydrogen-bond donors (Lipinski definition) is 0. The molecule has 0 bridgehead atoms. The Hall–Kier alpha value is -3.26. The molecule has 8 nitrogen and oxygen atoms in total. The van der Waals surface area contributed by atoms with Crippen LogP contribution >= 0.6 is 11.6 Å². The highest BCUT2D eigenvalue weighted by molar-refractivity contribution is 6.32. The smallest absolute Gasteiger partial charge is 0.269 e. The molecule has 0 atom stereocenters. The number of nitrogens with zero attached hydrogens (tertiary/aromatic N) is 6. The molecule has 1 saturated heterocycles. The van der Waals surface area contributed by atoms with E-state index in [9.17, 15) is 10.1 Å². The lowest BCUT2D eigenvalue weighted by Crippen LogP contribution is -2.47. The van der Waals surface area contributed by atoms with Crippen LogP contribution in [0.25, 0.3) is 11.4 Å². The Balaban J connectivity index is 1.55. The van der Waals surface area contributed by atoms with Gasteiger partial charge in [0.15, 0.2) is 5.82 Å². The Morgan fingerprint density at radius 3 is 2.40 bits per heavy atom. The molecular weight excluding hydrogens is 404 g/mol. The molecule has 4 rings (SSSR count). The normalized spacial score (nSPS) is 14.1. The summed E-state index contributed by atoms with van der Waals surface area (Å²) in [6.45, 7) is 5.19. The first-order valence-corrected chi connectivity index (χ1v) is 10.2. The van der Waals surface area contributed by atoms with Crippen LogP contribution in [0.15, 0.2) is 48.7 Å². The van der Waals surface area contributed by atoms with Gasteiger partial charge >= 0.3 is 0 Å². The molecule has 3 heterocycles. The third-order valence-electron chi connectivity index (χ3n) is 5.11. The molecule has 30 heavy (non-hydrogen) atoms. The third kappa shape index (κ3) is 4.18. The lowest BCUT2D eigenvalue weighted by atomic mass is 10.2. The van der Waals surface area contributed by atoms with Gasteiger partial charge < -0.3 is 9.80 Å². The van der Waals surface area contributed by atoms with Gasteiger partial charge in [-0.05, 0) is 30.7 Å². The van der Waals surface area contributed by atoms with E-state index in [1.807, 2.05) is 25.1 Å². The number of nitro benzene ring substituents is 1. The largest absolute Gasteiger partial charge is 0.353 e. The van der Waals surface area contributed by atoms with Crippen LogP contribution in [0.3, 0.4) is 0 Å². The molecular formula is C21H21ClN6O2. The van der Waals surface area contributed by atoms with Gasteiger partial charge in [-0.2, -0.15) is 0 Å². The average molecular weight is 425 g/mol. The van der Waals surface area contributed by atoms with Crippen molar-refractivity contribution in [3.63, 3.8) is 0 Å². The van der Waals surface area contributed by atoms with Crippen molar-refractivity contribution < 1.29 is 4.92 Å². The Kier molecular flexibility index (Phi) is 5.76. The molecule has 0 spiro atoms. The zero-order chi connectivity index (χ0) is 21.1. The SMILES string of the molecule is CCc1cc(N2CCN(c3ncccc3Cl)CC2)nc(-c2ccc([N+](=O)[O-])cc2)n1. The van der Waals surface area contributed by atoms with Crippen molar-refractivity contribution in [1.82, 2.24) is 15.0 Å². The van der Waals surface area contributed by atoms with Crippen molar-refractivity contribution in [2.45, 2.75) is 13.3 Å². The second-order valence-electron chi connectivity index (χ2n) is 6.98. The van der Waals surface area contributed by atoms with Crippen LogP contribution in [0.1, 0.15) is 12.6 Å². The number of hydrogen-bond acceptors (Lipinski definition) is 7. The Morgan fingerprint density at radius 1 is 1.07 bits per heavy atom. The fraction of sp³-hybridized carbons (Fsp3) is 0.286. The van der Waals surface area contributed by atoms with Crippen LogP contribution in [-0.2, 0) is 6.42 Å². The van der Waals surface area contributed by atoms with E-state index < -0.39 is 4.92 Å². The van der Waals surface area contributed by atoms with Gasteiger partial charge in [0.1, 0.15) is 11.6 Å². The second-order valence-corrected chi connectivity index (χ2v) is 7.39. The summed E-state index contributed by atoms with van der Waals surface area (Å²) in [5, 5.41) is 11.6. The van der Waals surface area contributed by atoms with Gasteiger partial charge in [0.2, 0.25) is 0 Å². The number of pyridine rings is 1. The first-order valence-electron chi connectivity index (χ1n) is 9.78. The van der Waals surface area contributed by atoms with Gasteiger partial charge in [-0.25, -0.2) is 15.0 Å². The highest BCUT2D eigenvalue weighted by Crippen LogP contribution is 2.26. The molecule has 0 saturated carbocycles. The number of anilines is 2. The molecule has 0 unspecified atom stereocenters. The van der Waals surface area contributed by atoms with Crippen molar-refractivity contribution in [1.29, 1.82) is 0 Å². The van der Waals surface area contributed by atoms with Gasteiger partial charge in [0.25, 0.3) is 5.69 Å². The molecule has 0 amide bonds. The predicted molar refractivity (Wildman–Crippen MR) is 117 cm³/mol. The van der Waals surface area contributed by atoms with Gasteiger partial charge in [0.05, 0.1) is 9.95 Å².